The maximum Gasteiger partial charge on any atom is 0.343 e. The SMILES string of the molecule is O=C(Oc1ccc(C(=O)Oc2ccc(CCc3ccccc3)cc2)cc1)c1ccc(CCC2CCCCC2)cc1. The number of hydrogen-bond acceptors (Lipinski definition) is 4. The molecule has 40 heavy (non-hydrogen) atoms. The van der Waals surface area contributed by atoms with Crippen LogP contribution in [0.5, 0.6) is 11.5 Å². The fraction of sp³-hybridized carbons (Fsp3) is 0.278. The highest BCUT2D eigenvalue weighted by molar-refractivity contribution is 5.92. The fourth-order valence-electron chi connectivity index (χ4n) is 5.30. The molecule has 5 rings (SSSR count). The van der Waals surface area contributed by atoms with Crippen LogP contribution in [0, 0.1) is 5.92 Å². The van der Waals surface area contributed by atoms with Crippen molar-refractivity contribution < 1.29 is 19.1 Å². The van der Waals surface area contributed by atoms with Crippen LogP contribution in [0.15, 0.2) is 103 Å². The van der Waals surface area contributed by atoms with Gasteiger partial charge in [-0.3, -0.25) is 0 Å². The molecule has 0 spiro atoms. The Morgan fingerprint density at radius 1 is 0.525 bits per heavy atom. The maximum atomic E-state index is 12.6. The molecule has 4 heteroatoms. The van der Waals surface area contributed by atoms with Crippen molar-refractivity contribution in [2.45, 2.75) is 57.8 Å². The van der Waals surface area contributed by atoms with Crippen LogP contribution in [0.25, 0.3) is 0 Å². The van der Waals surface area contributed by atoms with Gasteiger partial charge in [0, 0.05) is 0 Å². The second kappa shape index (κ2) is 13.7. The van der Waals surface area contributed by atoms with Crippen molar-refractivity contribution >= 4 is 11.9 Å². The summed E-state index contributed by atoms with van der Waals surface area (Å²) in [5.41, 5.74) is 4.63. The van der Waals surface area contributed by atoms with Gasteiger partial charge in [-0.25, -0.2) is 9.59 Å². The lowest BCUT2D eigenvalue weighted by Crippen LogP contribution is -2.10. The maximum absolute atomic E-state index is 12.6. The number of carbonyl (C=O) groups is 2. The third-order valence-electron chi connectivity index (χ3n) is 7.74. The minimum absolute atomic E-state index is 0.380. The smallest absolute Gasteiger partial charge is 0.343 e. The van der Waals surface area contributed by atoms with Gasteiger partial charge in [0.25, 0.3) is 0 Å². The molecule has 0 amide bonds. The summed E-state index contributed by atoms with van der Waals surface area (Å²) in [5.74, 6) is 0.839. The van der Waals surface area contributed by atoms with E-state index in [1.165, 1.54) is 55.2 Å². The van der Waals surface area contributed by atoms with Crippen molar-refractivity contribution in [1.29, 1.82) is 0 Å². The van der Waals surface area contributed by atoms with Crippen molar-refractivity contribution in [3.63, 3.8) is 0 Å². The van der Waals surface area contributed by atoms with Crippen LogP contribution in [-0.2, 0) is 19.3 Å². The first kappa shape index (κ1) is 27.4. The summed E-state index contributed by atoms with van der Waals surface area (Å²) in [6, 6.07) is 32.1. The van der Waals surface area contributed by atoms with E-state index < -0.39 is 11.9 Å². The van der Waals surface area contributed by atoms with Crippen LogP contribution in [-0.4, -0.2) is 11.9 Å². The molecule has 0 bridgehead atoms. The molecule has 0 N–H and O–H groups in total. The Balaban J connectivity index is 1.08. The van der Waals surface area contributed by atoms with E-state index in [0.717, 1.165) is 25.2 Å². The molecule has 4 nitrogen and oxygen atoms in total. The second-order valence-electron chi connectivity index (χ2n) is 10.7. The number of aryl methyl sites for hydroxylation is 3. The van der Waals surface area contributed by atoms with E-state index in [4.69, 9.17) is 9.47 Å². The lowest BCUT2D eigenvalue weighted by atomic mass is 9.85. The van der Waals surface area contributed by atoms with Crippen LogP contribution in [0.4, 0.5) is 0 Å². The Bertz CT molecular complexity index is 1370. The molecule has 1 aliphatic rings. The second-order valence-corrected chi connectivity index (χ2v) is 10.7. The minimum Gasteiger partial charge on any atom is -0.423 e. The molecule has 0 aromatic heterocycles. The van der Waals surface area contributed by atoms with Crippen LogP contribution in [0.2, 0.25) is 0 Å². The summed E-state index contributed by atoms with van der Waals surface area (Å²) in [6.45, 7) is 0. The summed E-state index contributed by atoms with van der Waals surface area (Å²) in [7, 11) is 0. The van der Waals surface area contributed by atoms with Gasteiger partial charge in [-0.1, -0.05) is 86.7 Å². The molecule has 4 aromatic rings. The Morgan fingerprint density at radius 3 is 1.55 bits per heavy atom. The molecule has 0 radical (unpaired) electrons. The monoisotopic (exact) mass is 532 g/mol. The molecule has 1 aliphatic carbocycles. The average molecular weight is 533 g/mol. The Labute approximate surface area is 237 Å². The predicted octanol–water partition coefficient (Wildman–Crippen LogP) is 8.42. The molecule has 4 aromatic carbocycles. The molecule has 204 valence electrons. The van der Waals surface area contributed by atoms with Gasteiger partial charge < -0.3 is 9.47 Å². The molecule has 0 heterocycles. The van der Waals surface area contributed by atoms with Gasteiger partial charge in [-0.15, -0.1) is 0 Å². The average Bonchev–Trinajstić information content (AvgIpc) is 3.01. The van der Waals surface area contributed by atoms with Gasteiger partial charge in [0.2, 0.25) is 0 Å². The summed E-state index contributed by atoms with van der Waals surface area (Å²) in [6.07, 6.45) is 11.0. The van der Waals surface area contributed by atoms with E-state index in [0.29, 0.717) is 22.6 Å². The number of rotatable bonds is 10. The highest BCUT2D eigenvalue weighted by atomic mass is 16.5. The van der Waals surface area contributed by atoms with Crippen molar-refractivity contribution in [2.24, 2.45) is 5.92 Å². The predicted molar refractivity (Wildman–Crippen MR) is 158 cm³/mol. The molecule has 0 atom stereocenters. The zero-order valence-corrected chi connectivity index (χ0v) is 22.9. The Morgan fingerprint density at radius 2 is 0.975 bits per heavy atom. The Kier molecular flexibility index (Phi) is 9.41. The van der Waals surface area contributed by atoms with Crippen LogP contribution >= 0.6 is 0 Å². The Hall–Kier alpha value is -4.18. The minimum atomic E-state index is -0.460. The number of hydrogen-bond donors (Lipinski definition) is 0. The molecule has 1 fully saturated rings. The highest BCUT2D eigenvalue weighted by Crippen LogP contribution is 2.27. The molecular formula is C36H36O4. The van der Waals surface area contributed by atoms with Crippen molar-refractivity contribution in [1.82, 2.24) is 0 Å². The molecular weight excluding hydrogens is 496 g/mol. The normalized spacial score (nSPS) is 13.5. The summed E-state index contributed by atoms with van der Waals surface area (Å²) >= 11 is 0. The lowest BCUT2D eigenvalue weighted by molar-refractivity contribution is 0.0730. The number of ether oxygens (including phenoxy) is 2. The lowest BCUT2D eigenvalue weighted by Gasteiger charge is -2.21. The van der Waals surface area contributed by atoms with E-state index in [9.17, 15) is 9.59 Å². The van der Waals surface area contributed by atoms with E-state index in [1.807, 2.05) is 66.7 Å². The molecule has 1 saturated carbocycles. The zero-order chi connectivity index (χ0) is 27.6. The highest BCUT2D eigenvalue weighted by Gasteiger charge is 2.14. The zero-order valence-electron chi connectivity index (χ0n) is 22.9. The first-order valence-electron chi connectivity index (χ1n) is 14.4. The standard InChI is InChI=1S/C36H36O4/c37-35(31-19-15-29(16-20-31)13-11-27-7-3-1-4-8-27)40-34-25-21-32(22-26-34)36(38)39-33-23-17-30(18-24-33)14-12-28-9-5-2-6-10-28/h2,5-6,9-10,15-27H,1,3-4,7-8,11-14H2. The van der Waals surface area contributed by atoms with E-state index in [-0.39, 0.29) is 0 Å². The third-order valence-corrected chi connectivity index (χ3v) is 7.74. The largest absolute Gasteiger partial charge is 0.423 e. The van der Waals surface area contributed by atoms with Gasteiger partial charge in [0.1, 0.15) is 11.5 Å². The topological polar surface area (TPSA) is 52.6 Å². The van der Waals surface area contributed by atoms with Crippen molar-refractivity contribution in [2.75, 3.05) is 0 Å². The summed E-state index contributed by atoms with van der Waals surface area (Å²) in [4.78, 5) is 25.3. The first-order chi connectivity index (χ1) is 19.6. The van der Waals surface area contributed by atoms with Crippen molar-refractivity contribution in [3.05, 3.63) is 131 Å². The van der Waals surface area contributed by atoms with Gasteiger partial charge in [-0.2, -0.15) is 0 Å². The molecule has 0 unspecified atom stereocenters. The van der Waals surface area contributed by atoms with Gasteiger partial charge in [0.15, 0.2) is 0 Å². The summed E-state index contributed by atoms with van der Waals surface area (Å²) < 4.78 is 11.1. The van der Waals surface area contributed by atoms with E-state index in [2.05, 4.69) is 12.1 Å². The van der Waals surface area contributed by atoms with E-state index >= 15 is 0 Å². The van der Waals surface area contributed by atoms with E-state index in [1.54, 1.807) is 24.3 Å². The molecule has 0 aliphatic heterocycles. The quantitative estimate of drug-likeness (QED) is 0.152. The van der Waals surface area contributed by atoms with Gasteiger partial charge in [-0.05, 0) is 96.8 Å². The number of esters is 2. The van der Waals surface area contributed by atoms with Crippen LogP contribution in [0.1, 0.15) is 75.9 Å². The van der Waals surface area contributed by atoms with Crippen LogP contribution in [0.3, 0.4) is 0 Å². The summed E-state index contributed by atoms with van der Waals surface area (Å²) in [5, 5.41) is 0. The van der Waals surface area contributed by atoms with Crippen LogP contribution < -0.4 is 9.47 Å². The molecule has 0 saturated heterocycles. The van der Waals surface area contributed by atoms with Crippen molar-refractivity contribution in [3.8, 4) is 11.5 Å². The fourth-order valence-corrected chi connectivity index (χ4v) is 5.30. The van der Waals surface area contributed by atoms with Gasteiger partial charge in [0.05, 0.1) is 11.1 Å². The first-order valence-corrected chi connectivity index (χ1v) is 14.4. The third kappa shape index (κ3) is 7.92. The van der Waals surface area contributed by atoms with Gasteiger partial charge >= 0.3 is 11.9 Å². The number of benzene rings is 4. The number of carbonyl (C=O) groups excluding carboxylic acids is 2.